The molecule has 1 aliphatic heterocycles. The molecular formula is C8H13N3S. The quantitative estimate of drug-likeness (QED) is 0.708. The molecule has 0 aromatic carbocycles. The Morgan fingerprint density at radius 3 is 3.25 bits per heavy atom. The topological polar surface area (TPSA) is 42.1 Å². The first-order valence-electron chi connectivity index (χ1n) is 4.26. The lowest BCUT2D eigenvalue weighted by Crippen LogP contribution is -2.42. The standard InChI is InChI=1S/C8H13N3S/c9-7-2-1-4-11(6-7)8-10-3-5-12-8/h3,5,7H,1-2,4,6,9H2/t7-/m0/s1. The van der Waals surface area contributed by atoms with E-state index >= 15 is 0 Å². The summed E-state index contributed by atoms with van der Waals surface area (Å²) >= 11 is 1.69. The van der Waals surface area contributed by atoms with E-state index in [0.717, 1.165) is 24.6 Å². The smallest absolute Gasteiger partial charge is 0.185 e. The summed E-state index contributed by atoms with van der Waals surface area (Å²) in [7, 11) is 0. The molecule has 2 heterocycles. The summed E-state index contributed by atoms with van der Waals surface area (Å²) in [6, 6.07) is 0.336. The number of thiazole rings is 1. The molecule has 4 heteroatoms. The predicted octanol–water partition coefficient (Wildman–Crippen LogP) is 1.07. The molecule has 0 unspecified atom stereocenters. The van der Waals surface area contributed by atoms with Gasteiger partial charge in [-0.1, -0.05) is 0 Å². The minimum absolute atomic E-state index is 0.336. The van der Waals surface area contributed by atoms with Crippen molar-refractivity contribution in [3.8, 4) is 0 Å². The lowest BCUT2D eigenvalue weighted by Gasteiger charge is -2.30. The predicted molar refractivity (Wildman–Crippen MR) is 51.5 cm³/mol. The van der Waals surface area contributed by atoms with Crippen LogP contribution in [0.2, 0.25) is 0 Å². The highest BCUT2D eigenvalue weighted by atomic mass is 32.1. The fraction of sp³-hybridized carbons (Fsp3) is 0.625. The molecule has 0 spiro atoms. The molecule has 1 fully saturated rings. The highest BCUT2D eigenvalue weighted by molar-refractivity contribution is 7.13. The molecule has 1 aromatic heterocycles. The number of hydrogen-bond donors (Lipinski definition) is 1. The van der Waals surface area contributed by atoms with E-state index in [-0.39, 0.29) is 0 Å². The van der Waals surface area contributed by atoms with E-state index in [0.29, 0.717) is 6.04 Å². The molecule has 0 aliphatic carbocycles. The van der Waals surface area contributed by atoms with Crippen LogP contribution < -0.4 is 10.6 Å². The van der Waals surface area contributed by atoms with Crippen LogP contribution in [0.5, 0.6) is 0 Å². The molecule has 0 saturated carbocycles. The zero-order chi connectivity index (χ0) is 8.39. The van der Waals surface area contributed by atoms with Crippen molar-refractivity contribution in [2.75, 3.05) is 18.0 Å². The van der Waals surface area contributed by atoms with Crippen LogP contribution in [-0.2, 0) is 0 Å². The van der Waals surface area contributed by atoms with Crippen molar-refractivity contribution >= 4 is 16.5 Å². The maximum Gasteiger partial charge on any atom is 0.185 e. The normalized spacial score (nSPS) is 24.4. The van der Waals surface area contributed by atoms with Crippen LogP contribution in [0.4, 0.5) is 5.13 Å². The molecule has 2 rings (SSSR count). The van der Waals surface area contributed by atoms with Gasteiger partial charge in [0.05, 0.1) is 0 Å². The fourth-order valence-corrected chi connectivity index (χ4v) is 2.24. The van der Waals surface area contributed by atoms with E-state index in [1.807, 2.05) is 11.6 Å². The molecule has 3 nitrogen and oxygen atoms in total. The second-order valence-corrected chi connectivity index (χ2v) is 4.04. The SMILES string of the molecule is N[C@H]1CCCN(c2nccs2)C1. The van der Waals surface area contributed by atoms with Gasteiger partial charge < -0.3 is 10.6 Å². The van der Waals surface area contributed by atoms with Gasteiger partial charge in [0.1, 0.15) is 0 Å². The number of aromatic nitrogens is 1. The molecule has 12 heavy (non-hydrogen) atoms. The number of rotatable bonds is 1. The Bertz CT molecular complexity index is 234. The maximum absolute atomic E-state index is 5.87. The second-order valence-electron chi connectivity index (χ2n) is 3.16. The minimum Gasteiger partial charge on any atom is -0.347 e. The zero-order valence-electron chi connectivity index (χ0n) is 6.94. The van der Waals surface area contributed by atoms with Gasteiger partial charge in [0.25, 0.3) is 0 Å². The van der Waals surface area contributed by atoms with Crippen LogP contribution >= 0.6 is 11.3 Å². The van der Waals surface area contributed by atoms with Gasteiger partial charge in [-0.05, 0) is 12.8 Å². The highest BCUT2D eigenvalue weighted by Crippen LogP contribution is 2.20. The molecule has 0 amide bonds. The maximum atomic E-state index is 5.87. The van der Waals surface area contributed by atoms with Crippen molar-refractivity contribution in [3.63, 3.8) is 0 Å². The van der Waals surface area contributed by atoms with Crippen molar-refractivity contribution in [2.45, 2.75) is 18.9 Å². The number of hydrogen-bond acceptors (Lipinski definition) is 4. The second kappa shape index (κ2) is 3.41. The van der Waals surface area contributed by atoms with Crippen molar-refractivity contribution in [1.82, 2.24) is 4.98 Å². The summed E-state index contributed by atoms with van der Waals surface area (Å²) < 4.78 is 0. The van der Waals surface area contributed by atoms with Crippen LogP contribution in [0.25, 0.3) is 0 Å². The van der Waals surface area contributed by atoms with Gasteiger partial charge in [-0.2, -0.15) is 0 Å². The van der Waals surface area contributed by atoms with Gasteiger partial charge >= 0.3 is 0 Å². The van der Waals surface area contributed by atoms with Crippen LogP contribution in [0.15, 0.2) is 11.6 Å². The van der Waals surface area contributed by atoms with Crippen LogP contribution in [0.1, 0.15) is 12.8 Å². The average Bonchev–Trinajstić information content (AvgIpc) is 2.56. The van der Waals surface area contributed by atoms with E-state index < -0.39 is 0 Å². The van der Waals surface area contributed by atoms with Crippen molar-refractivity contribution in [1.29, 1.82) is 0 Å². The first kappa shape index (κ1) is 8.01. The fourth-order valence-electron chi connectivity index (χ4n) is 1.56. The Hall–Kier alpha value is -0.610. The Morgan fingerprint density at radius 1 is 1.67 bits per heavy atom. The third-order valence-corrected chi connectivity index (χ3v) is 2.98. The van der Waals surface area contributed by atoms with E-state index in [1.165, 1.54) is 6.42 Å². The van der Waals surface area contributed by atoms with E-state index in [9.17, 15) is 0 Å². The van der Waals surface area contributed by atoms with Crippen molar-refractivity contribution < 1.29 is 0 Å². The Balaban J connectivity index is 2.04. The van der Waals surface area contributed by atoms with E-state index in [2.05, 4.69) is 9.88 Å². The summed E-state index contributed by atoms with van der Waals surface area (Å²) in [5, 5.41) is 3.13. The average molecular weight is 183 g/mol. The van der Waals surface area contributed by atoms with Crippen molar-refractivity contribution in [2.24, 2.45) is 5.73 Å². The Labute approximate surface area is 76.2 Å². The van der Waals surface area contributed by atoms with Gasteiger partial charge in [0.15, 0.2) is 5.13 Å². The van der Waals surface area contributed by atoms with Crippen LogP contribution in [0, 0.1) is 0 Å². The first-order valence-corrected chi connectivity index (χ1v) is 5.14. The van der Waals surface area contributed by atoms with E-state index in [1.54, 1.807) is 11.3 Å². The lowest BCUT2D eigenvalue weighted by molar-refractivity contribution is 0.505. The van der Waals surface area contributed by atoms with E-state index in [4.69, 9.17) is 5.73 Å². The molecule has 1 aromatic rings. The molecule has 66 valence electrons. The summed E-state index contributed by atoms with van der Waals surface area (Å²) in [5.74, 6) is 0. The van der Waals surface area contributed by atoms with Gasteiger partial charge in [-0.3, -0.25) is 0 Å². The largest absolute Gasteiger partial charge is 0.347 e. The number of piperidine rings is 1. The van der Waals surface area contributed by atoms with Crippen LogP contribution in [-0.4, -0.2) is 24.1 Å². The van der Waals surface area contributed by atoms with Gasteiger partial charge in [0, 0.05) is 30.7 Å². The molecular weight excluding hydrogens is 170 g/mol. The molecule has 0 radical (unpaired) electrons. The summed E-state index contributed by atoms with van der Waals surface area (Å²) in [6.07, 6.45) is 4.20. The monoisotopic (exact) mass is 183 g/mol. The molecule has 1 aliphatic rings. The number of nitrogens with two attached hydrogens (primary N) is 1. The Kier molecular flexibility index (Phi) is 2.28. The molecule has 1 atom stereocenters. The molecule has 1 saturated heterocycles. The third-order valence-electron chi connectivity index (χ3n) is 2.15. The van der Waals surface area contributed by atoms with Gasteiger partial charge in [0.2, 0.25) is 0 Å². The molecule has 0 bridgehead atoms. The van der Waals surface area contributed by atoms with Gasteiger partial charge in [-0.25, -0.2) is 4.98 Å². The number of nitrogens with zero attached hydrogens (tertiary/aromatic N) is 2. The summed E-state index contributed by atoms with van der Waals surface area (Å²) in [5.41, 5.74) is 5.87. The minimum atomic E-state index is 0.336. The highest BCUT2D eigenvalue weighted by Gasteiger charge is 2.17. The van der Waals surface area contributed by atoms with Crippen LogP contribution in [0.3, 0.4) is 0 Å². The summed E-state index contributed by atoms with van der Waals surface area (Å²) in [6.45, 7) is 2.08. The van der Waals surface area contributed by atoms with Gasteiger partial charge in [-0.15, -0.1) is 11.3 Å². The zero-order valence-corrected chi connectivity index (χ0v) is 7.76. The molecule has 2 N–H and O–H groups in total. The summed E-state index contributed by atoms with van der Waals surface area (Å²) in [4.78, 5) is 6.54. The first-order chi connectivity index (χ1) is 5.86. The number of anilines is 1. The third kappa shape index (κ3) is 1.59. The Morgan fingerprint density at radius 2 is 2.58 bits per heavy atom. The lowest BCUT2D eigenvalue weighted by atomic mass is 10.1. The van der Waals surface area contributed by atoms with Crippen molar-refractivity contribution in [3.05, 3.63) is 11.6 Å².